The lowest BCUT2D eigenvalue weighted by atomic mass is 9.84. The van der Waals surface area contributed by atoms with Crippen molar-refractivity contribution in [2.45, 2.75) is 71.9 Å². The number of nitrogens with zero attached hydrogens (tertiary/aromatic N) is 1. The summed E-state index contributed by atoms with van der Waals surface area (Å²) in [6.07, 6.45) is 6.72. The van der Waals surface area contributed by atoms with E-state index in [1.165, 1.54) is 38.6 Å². The maximum atomic E-state index is 3.39. The Kier molecular flexibility index (Phi) is 5.94. The van der Waals surface area contributed by atoms with Gasteiger partial charge >= 0.3 is 0 Å². The van der Waals surface area contributed by atoms with Crippen LogP contribution in [0.1, 0.15) is 59.8 Å². The van der Waals surface area contributed by atoms with Crippen LogP contribution in [0, 0.1) is 5.41 Å². The SMILES string of the molecule is CCCC(C)(CNC)CN1C(C)CCC1CC. The molecule has 1 aliphatic heterocycles. The van der Waals surface area contributed by atoms with Gasteiger partial charge < -0.3 is 5.32 Å². The Balaban J connectivity index is 2.64. The summed E-state index contributed by atoms with van der Waals surface area (Å²) < 4.78 is 0. The lowest BCUT2D eigenvalue weighted by Gasteiger charge is -2.38. The molecule has 0 amide bonds. The first-order valence-electron chi connectivity index (χ1n) is 7.46. The summed E-state index contributed by atoms with van der Waals surface area (Å²) in [5.41, 5.74) is 0.440. The molecule has 102 valence electrons. The van der Waals surface area contributed by atoms with Crippen molar-refractivity contribution in [2.75, 3.05) is 20.1 Å². The zero-order valence-electron chi connectivity index (χ0n) is 12.6. The fraction of sp³-hybridized carbons (Fsp3) is 1.00. The predicted octanol–water partition coefficient (Wildman–Crippen LogP) is 3.28. The second-order valence-corrected chi connectivity index (χ2v) is 6.25. The van der Waals surface area contributed by atoms with Crippen LogP contribution >= 0.6 is 0 Å². The van der Waals surface area contributed by atoms with E-state index in [0.29, 0.717) is 5.41 Å². The van der Waals surface area contributed by atoms with E-state index in [9.17, 15) is 0 Å². The highest BCUT2D eigenvalue weighted by Crippen LogP contribution is 2.32. The minimum Gasteiger partial charge on any atom is -0.319 e. The molecule has 1 fully saturated rings. The van der Waals surface area contributed by atoms with Crippen molar-refractivity contribution >= 4 is 0 Å². The van der Waals surface area contributed by atoms with E-state index in [4.69, 9.17) is 0 Å². The van der Waals surface area contributed by atoms with Gasteiger partial charge in [0, 0.05) is 25.2 Å². The highest BCUT2D eigenvalue weighted by atomic mass is 15.2. The van der Waals surface area contributed by atoms with E-state index in [-0.39, 0.29) is 0 Å². The molecule has 1 aliphatic rings. The summed E-state index contributed by atoms with van der Waals surface area (Å²) in [5, 5.41) is 3.39. The molecular weight excluding hydrogens is 208 g/mol. The first-order chi connectivity index (χ1) is 8.06. The second kappa shape index (κ2) is 6.75. The molecule has 2 heteroatoms. The molecule has 0 aromatic carbocycles. The first kappa shape index (κ1) is 15.0. The molecule has 3 atom stereocenters. The largest absolute Gasteiger partial charge is 0.319 e. The van der Waals surface area contributed by atoms with Crippen molar-refractivity contribution in [3.63, 3.8) is 0 Å². The standard InChI is InChI=1S/C15H32N2/c1-6-10-15(4,11-16-5)12-17-13(3)8-9-14(17)7-2/h13-14,16H,6-12H2,1-5H3. The van der Waals surface area contributed by atoms with Gasteiger partial charge in [-0.1, -0.05) is 27.2 Å². The van der Waals surface area contributed by atoms with E-state index in [0.717, 1.165) is 18.6 Å². The fourth-order valence-corrected chi connectivity index (χ4v) is 3.54. The van der Waals surface area contributed by atoms with Crippen LogP contribution in [-0.2, 0) is 0 Å². The van der Waals surface area contributed by atoms with E-state index < -0.39 is 0 Å². The van der Waals surface area contributed by atoms with Crippen LogP contribution in [0.4, 0.5) is 0 Å². The van der Waals surface area contributed by atoms with Crippen LogP contribution in [0.3, 0.4) is 0 Å². The normalized spacial score (nSPS) is 29.5. The molecule has 0 saturated carbocycles. The molecule has 0 spiro atoms. The Labute approximate surface area is 108 Å². The van der Waals surface area contributed by atoms with Crippen molar-refractivity contribution in [2.24, 2.45) is 5.41 Å². The summed E-state index contributed by atoms with van der Waals surface area (Å²) in [7, 11) is 2.08. The summed E-state index contributed by atoms with van der Waals surface area (Å²) in [6, 6.07) is 1.62. The quantitative estimate of drug-likeness (QED) is 0.735. The molecule has 0 aliphatic carbocycles. The summed E-state index contributed by atoms with van der Waals surface area (Å²) in [6.45, 7) is 11.9. The van der Waals surface area contributed by atoms with Crippen molar-refractivity contribution in [3.05, 3.63) is 0 Å². The summed E-state index contributed by atoms with van der Waals surface area (Å²) in [4.78, 5) is 2.77. The third-order valence-corrected chi connectivity index (χ3v) is 4.45. The number of likely N-dealkylation sites (tertiary alicyclic amines) is 1. The number of rotatable bonds is 7. The Morgan fingerprint density at radius 3 is 2.53 bits per heavy atom. The average molecular weight is 240 g/mol. The van der Waals surface area contributed by atoms with Crippen LogP contribution in [0.2, 0.25) is 0 Å². The fourth-order valence-electron chi connectivity index (χ4n) is 3.54. The van der Waals surface area contributed by atoms with Crippen molar-refractivity contribution < 1.29 is 0 Å². The van der Waals surface area contributed by atoms with E-state index in [1.54, 1.807) is 0 Å². The van der Waals surface area contributed by atoms with Gasteiger partial charge in [-0.25, -0.2) is 0 Å². The number of hydrogen-bond donors (Lipinski definition) is 1. The van der Waals surface area contributed by atoms with Gasteiger partial charge in [0.1, 0.15) is 0 Å². The zero-order chi connectivity index (χ0) is 12.9. The van der Waals surface area contributed by atoms with Crippen LogP contribution in [0.15, 0.2) is 0 Å². The first-order valence-corrected chi connectivity index (χ1v) is 7.46. The highest BCUT2D eigenvalue weighted by Gasteiger charge is 2.34. The molecule has 0 bridgehead atoms. The lowest BCUT2D eigenvalue weighted by molar-refractivity contribution is 0.110. The molecule has 1 heterocycles. The monoisotopic (exact) mass is 240 g/mol. The minimum atomic E-state index is 0.440. The third-order valence-electron chi connectivity index (χ3n) is 4.45. The van der Waals surface area contributed by atoms with Crippen LogP contribution < -0.4 is 5.32 Å². The smallest absolute Gasteiger partial charge is 0.00962 e. The minimum absolute atomic E-state index is 0.440. The van der Waals surface area contributed by atoms with Gasteiger partial charge in [-0.05, 0) is 45.1 Å². The van der Waals surface area contributed by atoms with Gasteiger partial charge in [0.15, 0.2) is 0 Å². The molecule has 1 saturated heterocycles. The molecule has 3 unspecified atom stereocenters. The van der Waals surface area contributed by atoms with Crippen LogP contribution in [-0.4, -0.2) is 37.1 Å². The Bertz CT molecular complexity index is 209. The van der Waals surface area contributed by atoms with Crippen molar-refractivity contribution in [3.8, 4) is 0 Å². The van der Waals surface area contributed by atoms with E-state index in [2.05, 4.69) is 45.0 Å². The second-order valence-electron chi connectivity index (χ2n) is 6.25. The molecule has 0 aromatic heterocycles. The maximum Gasteiger partial charge on any atom is 0.00962 e. The van der Waals surface area contributed by atoms with Gasteiger partial charge in [0.05, 0.1) is 0 Å². The molecule has 2 nitrogen and oxygen atoms in total. The van der Waals surface area contributed by atoms with Gasteiger partial charge in [-0.3, -0.25) is 4.90 Å². The Morgan fingerprint density at radius 2 is 2.00 bits per heavy atom. The number of nitrogens with one attached hydrogen (secondary N) is 1. The highest BCUT2D eigenvalue weighted by molar-refractivity contribution is 4.90. The van der Waals surface area contributed by atoms with Crippen LogP contribution in [0.5, 0.6) is 0 Å². The topological polar surface area (TPSA) is 15.3 Å². The van der Waals surface area contributed by atoms with Gasteiger partial charge in [0.2, 0.25) is 0 Å². The van der Waals surface area contributed by atoms with Crippen molar-refractivity contribution in [1.29, 1.82) is 0 Å². The molecule has 1 N–H and O–H groups in total. The number of hydrogen-bond acceptors (Lipinski definition) is 2. The zero-order valence-corrected chi connectivity index (χ0v) is 12.6. The average Bonchev–Trinajstić information content (AvgIpc) is 2.60. The summed E-state index contributed by atoms with van der Waals surface area (Å²) >= 11 is 0. The van der Waals surface area contributed by atoms with E-state index >= 15 is 0 Å². The summed E-state index contributed by atoms with van der Waals surface area (Å²) in [5.74, 6) is 0. The predicted molar refractivity (Wildman–Crippen MR) is 76.4 cm³/mol. The van der Waals surface area contributed by atoms with Crippen LogP contribution in [0.25, 0.3) is 0 Å². The lowest BCUT2D eigenvalue weighted by Crippen LogP contribution is -2.45. The maximum absolute atomic E-state index is 3.39. The molecule has 17 heavy (non-hydrogen) atoms. The molecule has 0 radical (unpaired) electrons. The van der Waals surface area contributed by atoms with Gasteiger partial charge in [-0.15, -0.1) is 0 Å². The van der Waals surface area contributed by atoms with Gasteiger partial charge in [-0.2, -0.15) is 0 Å². The molecule has 0 aromatic rings. The van der Waals surface area contributed by atoms with E-state index in [1.807, 2.05) is 0 Å². The molecular formula is C15H32N2. The van der Waals surface area contributed by atoms with Gasteiger partial charge in [0.25, 0.3) is 0 Å². The Hall–Kier alpha value is -0.0800. The third kappa shape index (κ3) is 3.96. The Morgan fingerprint density at radius 1 is 1.29 bits per heavy atom. The molecule has 1 rings (SSSR count). The van der Waals surface area contributed by atoms with Crippen molar-refractivity contribution in [1.82, 2.24) is 10.2 Å².